The second-order valence-corrected chi connectivity index (χ2v) is 8.30. The Morgan fingerprint density at radius 3 is 2.63 bits per heavy atom. The second kappa shape index (κ2) is 7.34. The first-order chi connectivity index (χ1) is 14.3. The average Bonchev–Trinajstić information content (AvgIpc) is 3.31. The van der Waals surface area contributed by atoms with Crippen molar-refractivity contribution in [3.05, 3.63) is 65.3 Å². The number of furan rings is 1. The maximum absolute atomic E-state index is 12.9. The second-order valence-electron chi connectivity index (χ2n) is 6.47. The van der Waals surface area contributed by atoms with E-state index >= 15 is 0 Å². The van der Waals surface area contributed by atoms with Gasteiger partial charge in [0.2, 0.25) is 0 Å². The highest BCUT2D eigenvalue weighted by atomic mass is 32.2. The van der Waals surface area contributed by atoms with Gasteiger partial charge in [0.25, 0.3) is 15.9 Å². The topological polar surface area (TPSA) is 135 Å². The van der Waals surface area contributed by atoms with Gasteiger partial charge in [-0.15, -0.1) is 0 Å². The van der Waals surface area contributed by atoms with Crippen LogP contribution < -0.4 is 10.6 Å². The third-order valence-electron chi connectivity index (χ3n) is 4.69. The lowest BCUT2D eigenvalue weighted by atomic mass is 10.00. The van der Waals surface area contributed by atoms with Crippen molar-refractivity contribution in [2.75, 3.05) is 13.2 Å². The number of hydrogen-bond acceptors (Lipinski definition) is 7. The van der Waals surface area contributed by atoms with Crippen molar-refractivity contribution in [3.8, 4) is 0 Å². The molecule has 0 spiro atoms. The van der Waals surface area contributed by atoms with Crippen molar-refractivity contribution < 1.29 is 32.0 Å². The summed E-state index contributed by atoms with van der Waals surface area (Å²) in [5.74, 6) is -1.27. The Balaban J connectivity index is 1.80. The zero-order valence-corrected chi connectivity index (χ0v) is 16.6. The number of sulfonamides is 1. The van der Waals surface area contributed by atoms with Crippen molar-refractivity contribution in [1.82, 2.24) is 14.9 Å². The van der Waals surface area contributed by atoms with Crippen LogP contribution in [0.25, 0.3) is 0 Å². The highest BCUT2D eigenvalue weighted by Crippen LogP contribution is 2.33. The SMILES string of the molecule is CCOC(=O)C1=C(CN2C(=O)c3ccccc3S2(=O)=O)NC(=O)N[C@H]1c1ccco1. The van der Waals surface area contributed by atoms with Crippen LogP contribution in [0.4, 0.5) is 4.79 Å². The molecule has 4 rings (SSSR count). The van der Waals surface area contributed by atoms with Crippen molar-refractivity contribution >= 4 is 27.9 Å². The molecule has 1 atom stereocenters. The van der Waals surface area contributed by atoms with E-state index in [9.17, 15) is 22.8 Å². The number of carbonyl (C=O) groups is 3. The summed E-state index contributed by atoms with van der Waals surface area (Å²) in [6.07, 6.45) is 1.37. The molecule has 0 radical (unpaired) electrons. The molecule has 0 fully saturated rings. The van der Waals surface area contributed by atoms with Crippen molar-refractivity contribution in [2.45, 2.75) is 17.9 Å². The lowest BCUT2D eigenvalue weighted by molar-refractivity contribution is -0.139. The molecule has 11 heteroatoms. The number of rotatable bonds is 5. The fourth-order valence-electron chi connectivity index (χ4n) is 3.39. The summed E-state index contributed by atoms with van der Waals surface area (Å²) in [4.78, 5) is 37.5. The molecule has 0 bridgehead atoms. The smallest absolute Gasteiger partial charge is 0.338 e. The average molecular weight is 431 g/mol. The molecule has 2 N–H and O–H groups in total. The largest absolute Gasteiger partial charge is 0.467 e. The maximum atomic E-state index is 12.9. The van der Waals surface area contributed by atoms with E-state index in [0.717, 1.165) is 0 Å². The Labute approximate surface area is 171 Å². The van der Waals surface area contributed by atoms with Gasteiger partial charge in [-0.05, 0) is 31.2 Å². The van der Waals surface area contributed by atoms with Crippen LogP contribution in [-0.4, -0.2) is 43.8 Å². The van der Waals surface area contributed by atoms with Crippen molar-refractivity contribution in [3.63, 3.8) is 0 Å². The predicted molar refractivity (Wildman–Crippen MR) is 101 cm³/mol. The van der Waals surface area contributed by atoms with E-state index < -0.39 is 40.5 Å². The van der Waals surface area contributed by atoms with Gasteiger partial charge in [-0.1, -0.05) is 12.1 Å². The van der Waals surface area contributed by atoms with Gasteiger partial charge in [0, 0.05) is 0 Å². The van der Waals surface area contributed by atoms with E-state index in [0.29, 0.717) is 4.31 Å². The highest BCUT2D eigenvalue weighted by molar-refractivity contribution is 7.90. The number of urea groups is 1. The maximum Gasteiger partial charge on any atom is 0.338 e. The Morgan fingerprint density at radius 2 is 1.97 bits per heavy atom. The number of ether oxygens (including phenoxy) is 1. The van der Waals surface area contributed by atoms with Crippen LogP contribution in [0.15, 0.2) is 63.2 Å². The molecule has 156 valence electrons. The summed E-state index contributed by atoms with van der Waals surface area (Å²) in [5.41, 5.74) is -0.0904. The van der Waals surface area contributed by atoms with E-state index in [1.54, 1.807) is 25.1 Å². The summed E-state index contributed by atoms with van der Waals surface area (Å²) in [6.45, 7) is 1.12. The number of hydrogen-bond donors (Lipinski definition) is 2. The third-order valence-corrected chi connectivity index (χ3v) is 6.48. The zero-order chi connectivity index (χ0) is 21.5. The van der Waals surface area contributed by atoms with Crippen LogP contribution in [0, 0.1) is 0 Å². The molecule has 0 saturated carbocycles. The molecule has 3 heterocycles. The minimum Gasteiger partial charge on any atom is -0.467 e. The van der Waals surface area contributed by atoms with Crippen molar-refractivity contribution in [2.24, 2.45) is 0 Å². The predicted octanol–water partition coefficient (Wildman–Crippen LogP) is 1.30. The first kappa shape index (κ1) is 19.7. The number of nitrogens with zero attached hydrogens (tertiary/aromatic N) is 1. The van der Waals surface area contributed by atoms with E-state index in [2.05, 4.69) is 10.6 Å². The lowest BCUT2D eigenvalue weighted by Gasteiger charge is -2.29. The molecule has 0 saturated heterocycles. The molecule has 1 aromatic carbocycles. The normalized spacial score (nSPS) is 19.9. The van der Waals surface area contributed by atoms with Gasteiger partial charge >= 0.3 is 12.0 Å². The third kappa shape index (κ3) is 3.12. The van der Waals surface area contributed by atoms with Crippen molar-refractivity contribution in [1.29, 1.82) is 0 Å². The zero-order valence-electron chi connectivity index (χ0n) is 15.7. The fraction of sp³-hybridized carbons (Fsp3) is 0.211. The number of carbonyl (C=O) groups excluding carboxylic acids is 3. The van der Waals surface area contributed by atoms with E-state index in [4.69, 9.17) is 9.15 Å². The highest BCUT2D eigenvalue weighted by Gasteiger charge is 2.43. The van der Waals surface area contributed by atoms with Gasteiger partial charge in [0.1, 0.15) is 16.7 Å². The first-order valence-corrected chi connectivity index (χ1v) is 10.5. The molecule has 10 nitrogen and oxygen atoms in total. The number of nitrogens with one attached hydrogen (secondary N) is 2. The minimum atomic E-state index is -4.14. The molecular weight excluding hydrogens is 414 g/mol. The number of esters is 1. The Hall–Kier alpha value is -3.60. The summed E-state index contributed by atoms with van der Waals surface area (Å²) >= 11 is 0. The van der Waals surface area contributed by atoms with E-state index in [1.807, 2.05) is 0 Å². The number of fused-ring (bicyclic) bond motifs is 1. The molecule has 3 amide bonds. The fourth-order valence-corrected chi connectivity index (χ4v) is 4.93. The van der Waals surface area contributed by atoms with Crippen LogP contribution in [0.5, 0.6) is 0 Å². The molecule has 2 aromatic rings. The van der Waals surface area contributed by atoms with Gasteiger partial charge in [0.15, 0.2) is 0 Å². The monoisotopic (exact) mass is 431 g/mol. The number of benzene rings is 1. The molecule has 1 aromatic heterocycles. The molecule has 2 aliphatic rings. The van der Waals surface area contributed by atoms with E-state index in [-0.39, 0.29) is 34.1 Å². The summed E-state index contributed by atoms with van der Waals surface area (Å²) in [7, 11) is -4.14. The Bertz CT molecular complexity index is 1170. The molecule has 2 aliphatic heterocycles. The molecule has 30 heavy (non-hydrogen) atoms. The van der Waals surface area contributed by atoms with Gasteiger partial charge in [-0.25, -0.2) is 22.3 Å². The molecular formula is C19H17N3O7S. The molecule has 0 unspecified atom stereocenters. The van der Waals surface area contributed by atoms with Gasteiger partial charge in [0.05, 0.1) is 36.2 Å². The van der Waals surface area contributed by atoms with Gasteiger partial charge in [-0.3, -0.25) is 4.79 Å². The van der Waals surface area contributed by atoms with Gasteiger partial charge in [-0.2, -0.15) is 0 Å². The van der Waals surface area contributed by atoms with Crippen LogP contribution in [-0.2, 0) is 19.6 Å². The Morgan fingerprint density at radius 1 is 1.20 bits per heavy atom. The van der Waals surface area contributed by atoms with Crippen LogP contribution in [0.2, 0.25) is 0 Å². The lowest BCUT2D eigenvalue weighted by Crippen LogP contribution is -2.49. The standard InChI is InChI=1S/C19H17N3O7S/c1-2-28-18(24)15-12(20-19(25)21-16(15)13-7-5-9-29-13)10-22-17(23)11-6-3-4-8-14(11)30(22,26)27/h3-9,16H,2,10H2,1H3,(H2,20,21,25)/t16-/m0/s1. The first-order valence-electron chi connectivity index (χ1n) is 9.01. The summed E-state index contributed by atoms with van der Waals surface area (Å²) in [6, 6.07) is 7.25. The van der Waals surface area contributed by atoms with Gasteiger partial charge < -0.3 is 19.8 Å². The summed E-state index contributed by atoms with van der Waals surface area (Å²) in [5, 5.41) is 5.00. The quantitative estimate of drug-likeness (QED) is 0.681. The molecule has 0 aliphatic carbocycles. The minimum absolute atomic E-state index is 0.0265. The van der Waals surface area contributed by atoms with Crippen LogP contribution >= 0.6 is 0 Å². The van der Waals surface area contributed by atoms with Crippen LogP contribution in [0.3, 0.4) is 0 Å². The number of amides is 3. The van der Waals surface area contributed by atoms with E-state index in [1.165, 1.54) is 24.5 Å². The Kier molecular flexibility index (Phi) is 4.82. The summed E-state index contributed by atoms with van der Waals surface area (Å²) < 4.78 is 36.8. The van der Waals surface area contributed by atoms with Crippen LogP contribution in [0.1, 0.15) is 29.1 Å².